The average molecular weight is 393 g/mol. The minimum absolute atomic E-state index is 0.104. The Labute approximate surface area is 160 Å². The highest BCUT2D eigenvalue weighted by Crippen LogP contribution is 2.42. The molecule has 0 saturated carbocycles. The van der Waals surface area contributed by atoms with Crippen LogP contribution in [-0.2, 0) is 9.59 Å². The number of nitrogens with one attached hydrogen (secondary N) is 1. The number of phenols is 1. The number of carbonyl (C=O) groups is 2. The van der Waals surface area contributed by atoms with Crippen molar-refractivity contribution in [2.45, 2.75) is 17.5 Å². The normalized spacial score (nSPS) is 19.5. The fraction of sp³-hybridized carbons (Fsp3) is 0.222. The number of rotatable bonds is 5. The van der Waals surface area contributed by atoms with E-state index in [2.05, 4.69) is 5.43 Å². The summed E-state index contributed by atoms with van der Waals surface area (Å²) >= 11 is 7.20. The molecular weight excluding hydrogens is 376 g/mol. The molecule has 2 atom stereocenters. The van der Waals surface area contributed by atoms with Crippen LogP contribution in [0.4, 0.5) is 0 Å². The summed E-state index contributed by atoms with van der Waals surface area (Å²) in [7, 11) is 0. The van der Waals surface area contributed by atoms with E-state index in [0.717, 1.165) is 5.56 Å². The molecule has 1 saturated heterocycles. The zero-order valence-corrected chi connectivity index (χ0v) is 15.5. The van der Waals surface area contributed by atoms with Gasteiger partial charge in [0, 0.05) is 5.02 Å². The summed E-state index contributed by atoms with van der Waals surface area (Å²) in [5.74, 6) is -0.0478. The van der Waals surface area contributed by atoms with E-state index in [1.54, 1.807) is 55.5 Å². The minimum atomic E-state index is -0.451. The second-order valence-electron chi connectivity index (χ2n) is 5.71. The minimum Gasteiger partial charge on any atom is -0.508 e. The van der Waals surface area contributed by atoms with Crippen LogP contribution in [0.3, 0.4) is 0 Å². The molecular formula is C18H17ClN2O4S. The molecule has 136 valence electrons. The van der Waals surface area contributed by atoms with Gasteiger partial charge in [0.25, 0.3) is 11.8 Å². The Morgan fingerprint density at radius 1 is 1.31 bits per heavy atom. The van der Waals surface area contributed by atoms with Gasteiger partial charge in [0.15, 0.2) is 6.61 Å². The predicted molar refractivity (Wildman–Crippen MR) is 99.8 cm³/mol. The quantitative estimate of drug-likeness (QED) is 0.817. The Morgan fingerprint density at radius 3 is 2.73 bits per heavy atom. The maximum Gasteiger partial charge on any atom is 0.276 e. The van der Waals surface area contributed by atoms with Gasteiger partial charge in [-0.15, -0.1) is 11.8 Å². The lowest BCUT2D eigenvalue weighted by atomic mass is 10.2. The van der Waals surface area contributed by atoms with Gasteiger partial charge in [-0.05, 0) is 48.9 Å². The van der Waals surface area contributed by atoms with Crippen LogP contribution in [0, 0.1) is 0 Å². The largest absolute Gasteiger partial charge is 0.508 e. The second-order valence-corrected chi connectivity index (χ2v) is 7.57. The molecule has 2 unspecified atom stereocenters. The van der Waals surface area contributed by atoms with Gasteiger partial charge in [0.1, 0.15) is 16.9 Å². The fourth-order valence-corrected chi connectivity index (χ4v) is 3.81. The van der Waals surface area contributed by atoms with E-state index in [-0.39, 0.29) is 23.5 Å². The highest BCUT2D eigenvalue weighted by atomic mass is 35.5. The summed E-state index contributed by atoms with van der Waals surface area (Å²) < 4.78 is 5.40. The number of thioether (sulfide) groups is 1. The van der Waals surface area contributed by atoms with Gasteiger partial charge in [0.05, 0.1) is 5.25 Å². The Bertz CT molecular complexity index is 815. The van der Waals surface area contributed by atoms with E-state index in [1.165, 1.54) is 16.8 Å². The molecule has 26 heavy (non-hydrogen) atoms. The number of phenolic OH excluding ortho intramolecular Hbond substituents is 1. The summed E-state index contributed by atoms with van der Waals surface area (Å²) in [6.07, 6.45) is 0. The summed E-state index contributed by atoms with van der Waals surface area (Å²) in [4.78, 5) is 24.6. The number of amides is 2. The predicted octanol–water partition coefficient (Wildman–Crippen LogP) is 3.12. The molecule has 0 aromatic heterocycles. The van der Waals surface area contributed by atoms with Gasteiger partial charge in [-0.25, -0.2) is 5.01 Å². The first kappa shape index (κ1) is 18.4. The van der Waals surface area contributed by atoms with E-state index in [0.29, 0.717) is 10.8 Å². The molecule has 2 N–H and O–H groups in total. The van der Waals surface area contributed by atoms with Crippen molar-refractivity contribution in [2.75, 3.05) is 6.61 Å². The summed E-state index contributed by atoms with van der Waals surface area (Å²) in [6, 6.07) is 13.3. The van der Waals surface area contributed by atoms with Crippen molar-refractivity contribution in [2.24, 2.45) is 0 Å². The SMILES string of the molecule is CC1SC(c2cccc(O)c2)N(NC(=O)COc2ccc(Cl)cc2)C1=O. The lowest BCUT2D eigenvalue weighted by Crippen LogP contribution is -2.47. The molecule has 3 rings (SSSR count). The van der Waals surface area contributed by atoms with Gasteiger partial charge in [-0.1, -0.05) is 23.7 Å². The number of nitrogens with zero attached hydrogens (tertiary/aromatic N) is 1. The van der Waals surface area contributed by atoms with Crippen molar-refractivity contribution in [1.29, 1.82) is 0 Å². The Balaban J connectivity index is 1.66. The number of hydrazine groups is 1. The number of hydrogen-bond acceptors (Lipinski definition) is 5. The van der Waals surface area contributed by atoms with Crippen LogP contribution >= 0.6 is 23.4 Å². The molecule has 2 aromatic carbocycles. The standard InChI is InChI=1S/C18H17ClN2O4S/c1-11-17(24)21(18(26-11)12-3-2-4-14(22)9-12)20-16(23)10-25-15-7-5-13(19)6-8-15/h2-9,11,18,22H,10H2,1H3,(H,20,23). The molecule has 6 nitrogen and oxygen atoms in total. The van der Waals surface area contributed by atoms with Gasteiger partial charge in [0.2, 0.25) is 0 Å². The zero-order chi connectivity index (χ0) is 18.7. The number of carbonyl (C=O) groups excluding carboxylic acids is 2. The van der Waals surface area contributed by atoms with E-state index in [1.807, 2.05) is 0 Å². The fourth-order valence-electron chi connectivity index (χ4n) is 2.49. The number of ether oxygens (including phenoxy) is 1. The molecule has 2 amide bonds. The van der Waals surface area contributed by atoms with Gasteiger partial charge < -0.3 is 9.84 Å². The van der Waals surface area contributed by atoms with Crippen molar-refractivity contribution in [3.63, 3.8) is 0 Å². The first-order valence-corrected chi connectivity index (χ1v) is 9.21. The van der Waals surface area contributed by atoms with Crippen molar-refractivity contribution in [3.8, 4) is 11.5 Å². The molecule has 0 radical (unpaired) electrons. The lowest BCUT2D eigenvalue weighted by Gasteiger charge is -2.24. The van der Waals surface area contributed by atoms with Crippen LogP contribution in [-0.4, -0.2) is 33.8 Å². The third-order valence-electron chi connectivity index (χ3n) is 3.74. The molecule has 0 spiro atoms. The summed E-state index contributed by atoms with van der Waals surface area (Å²) in [5, 5.41) is 10.8. The summed E-state index contributed by atoms with van der Waals surface area (Å²) in [6.45, 7) is 1.54. The number of halogens is 1. The van der Waals surface area contributed by atoms with Crippen molar-refractivity contribution >= 4 is 35.2 Å². The lowest BCUT2D eigenvalue weighted by molar-refractivity contribution is -0.141. The number of benzene rings is 2. The molecule has 0 bridgehead atoms. The van der Waals surface area contributed by atoms with E-state index >= 15 is 0 Å². The van der Waals surface area contributed by atoms with Crippen LogP contribution in [0.5, 0.6) is 11.5 Å². The number of aromatic hydroxyl groups is 1. The van der Waals surface area contributed by atoms with Gasteiger partial charge in [-0.3, -0.25) is 15.0 Å². The van der Waals surface area contributed by atoms with Crippen molar-refractivity contribution in [1.82, 2.24) is 10.4 Å². The number of hydrogen-bond donors (Lipinski definition) is 2. The third-order valence-corrected chi connectivity index (χ3v) is 5.34. The molecule has 0 aliphatic carbocycles. The van der Waals surface area contributed by atoms with Crippen LogP contribution in [0.25, 0.3) is 0 Å². The first-order valence-electron chi connectivity index (χ1n) is 7.89. The maximum absolute atomic E-state index is 12.4. The first-order chi connectivity index (χ1) is 12.4. The Kier molecular flexibility index (Phi) is 5.58. The average Bonchev–Trinajstić information content (AvgIpc) is 2.90. The van der Waals surface area contributed by atoms with Crippen LogP contribution in [0.15, 0.2) is 48.5 Å². The smallest absolute Gasteiger partial charge is 0.276 e. The van der Waals surface area contributed by atoms with Gasteiger partial charge in [-0.2, -0.15) is 0 Å². The second kappa shape index (κ2) is 7.88. The molecule has 8 heteroatoms. The molecule has 2 aromatic rings. The van der Waals surface area contributed by atoms with Gasteiger partial charge >= 0.3 is 0 Å². The Morgan fingerprint density at radius 2 is 2.04 bits per heavy atom. The molecule has 1 fully saturated rings. The molecule has 1 aliphatic heterocycles. The van der Waals surface area contributed by atoms with Crippen LogP contribution in [0.1, 0.15) is 17.9 Å². The summed E-state index contributed by atoms with van der Waals surface area (Å²) in [5.41, 5.74) is 3.33. The van der Waals surface area contributed by atoms with Crippen LogP contribution in [0.2, 0.25) is 5.02 Å². The van der Waals surface area contributed by atoms with E-state index in [4.69, 9.17) is 16.3 Å². The molecule has 1 heterocycles. The maximum atomic E-state index is 12.4. The molecule has 1 aliphatic rings. The van der Waals surface area contributed by atoms with E-state index < -0.39 is 11.3 Å². The Hall–Kier alpha value is -2.38. The van der Waals surface area contributed by atoms with Crippen LogP contribution < -0.4 is 10.2 Å². The van der Waals surface area contributed by atoms with Crippen molar-refractivity contribution in [3.05, 3.63) is 59.1 Å². The topological polar surface area (TPSA) is 78.9 Å². The monoisotopic (exact) mass is 392 g/mol. The zero-order valence-electron chi connectivity index (χ0n) is 13.9. The highest BCUT2D eigenvalue weighted by Gasteiger charge is 2.39. The van der Waals surface area contributed by atoms with Crippen molar-refractivity contribution < 1.29 is 19.4 Å². The van der Waals surface area contributed by atoms with E-state index in [9.17, 15) is 14.7 Å². The third kappa shape index (κ3) is 4.23. The highest BCUT2D eigenvalue weighted by molar-refractivity contribution is 8.01.